The highest BCUT2D eigenvalue weighted by molar-refractivity contribution is 5.87. The molecule has 0 aromatic heterocycles. The molecule has 0 aliphatic carbocycles. The van der Waals surface area contributed by atoms with Crippen LogP contribution in [0.3, 0.4) is 0 Å². The van der Waals surface area contributed by atoms with E-state index in [1.54, 1.807) is 12.1 Å². The molecular weight excluding hydrogens is 280 g/mol. The number of aromatic carboxylic acids is 1. The molecule has 2 rings (SSSR count). The summed E-state index contributed by atoms with van der Waals surface area (Å²) in [5.74, 6) is -3.08. The topological polar surface area (TPSA) is 57.6 Å². The van der Waals surface area contributed by atoms with E-state index in [1.807, 2.05) is 0 Å². The van der Waals surface area contributed by atoms with Crippen molar-refractivity contribution in [1.82, 2.24) is 0 Å². The third-order valence-electron chi connectivity index (χ3n) is 2.92. The van der Waals surface area contributed by atoms with E-state index in [4.69, 9.17) is 5.11 Å². The van der Waals surface area contributed by atoms with Crippen LogP contribution in [0.5, 0.6) is 0 Å². The van der Waals surface area contributed by atoms with E-state index in [0.717, 1.165) is 12.1 Å². The largest absolute Gasteiger partial charge is 0.478 e. The van der Waals surface area contributed by atoms with Crippen LogP contribution in [0, 0.1) is 11.6 Å². The van der Waals surface area contributed by atoms with E-state index in [9.17, 15) is 18.4 Å². The monoisotopic (exact) mass is 291 g/mol. The average molecular weight is 291 g/mol. The second-order valence-electron chi connectivity index (χ2n) is 4.33. The van der Waals surface area contributed by atoms with Gasteiger partial charge in [0.15, 0.2) is 11.6 Å². The standard InChI is InChI=1S/C15H11F2NO3/c16-13-6-5-12(7-14(13)17)18(9-19)8-10-1-3-11(4-2-10)15(20)21/h1-7,9H,8H2,(H,20,21). The SMILES string of the molecule is O=CN(Cc1ccc(C(=O)O)cc1)c1ccc(F)c(F)c1. The predicted molar refractivity (Wildman–Crippen MR) is 72.0 cm³/mol. The highest BCUT2D eigenvalue weighted by Gasteiger charge is 2.10. The van der Waals surface area contributed by atoms with Gasteiger partial charge in [-0.3, -0.25) is 4.79 Å². The van der Waals surface area contributed by atoms with Gasteiger partial charge in [0.2, 0.25) is 6.41 Å². The fraction of sp³-hybridized carbons (Fsp3) is 0.0667. The Morgan fingerprint density at radius 1 is 1.10 bits per heavy atom. The van der Waals surface area contributed by atoms with Gasteiger partial charge >= 0.3 is 5.97 Å². The first-order chi connectivity index (χ1) is 10.0. The molecule has 0 aliphatic rings. The predicted octanol–water partition coefficient (Wildman–Crippen LogP) is 2.83. The van der Waals surface area contributed by atoms with Gasteiger partial charge < -0.3 is 10.0 Å². The van der Waals surface area contributed by atoms with Gasteiger partial charge in [-0.25, -0.2) is 13.6 Å². The lowest BCUT2D eigenvalue weighted by Gasteiger charge is -2.17. The van der Waals surface area contributed by atoms with Crippen LogP contribution in [0.2, 0.25) is 0 Å². The molecule has 0 unspecified atom stereocenters. The Kier molecular flexibility index (Phi) is 4.27. The van der Waals surface area contributed by atoms with E-state index < -0.39 is 17.6 Å². The summed E-state index contributed by atoms with van der Waals surface area (Å²) in [6.45, 7) is 0.120. The van der Waals surface area contributed by atoms with E-state index in [1.165, 1.54) is 23.1 Å². The van der Waals surface area contributed by atoms with Crippen LogP contribution in [0.25, 0.3) is 0 Å². The summed E-state index contributed by atoms with van der Waals surface area (Å²) in [7, 11) is 0. The van der Waals surface area contributed by atoms with Crippen LogP contribution in [0.4, 0.5) is 14.5 Å². The van der Waals surface area contributed by atoms with Crippen molar-refractivity contribution >= 4 is 18.1 Å². The fourth-order valence-electron chi connectivity index (χ4n) is 1.80. The molecule has 2 aromatic rings. The molecule has 21 heavy (non-hydrogen) atoms. The number of carbonyl (C=O) groups excluding carboxylic acids is 1. The van der Waals surface area contributed by atoms with Gasteiger partial charge in [0, 0.05) is 11.8 Å². The molecule has 0 bridgehead atoms. The molecule has 0 atom stereocenters. The van der Waals surface area contributed by atoms with Gasteiger partial charge in [-0.05, 0) is 29.8 Å². The zero-order chi connectivity index (χ0) is 15.4. The summed E-state index contributed by atoms with van der Waals surface area (Å²) in [5, 5.41) is 8.79. The average Bonchev–Trinajstić information content (AvgIpc) is 2.48. The van der Waals surface area contributed by atoms with E-state index in [-0.39, 0.29) is 17.8 Å². The first kappa shape index (κ1) is 14.6. The number of halogens is 2. The van der Waals surface area contributed by atoms with Crippen LogP contribution in [-0.2, 0) is 11.3 Å². The quantitative estimate of drug-likeness (QED) is 0.862. The van der Waals surface area contributed by atoms with Crippen LogP contribution < -0.4 is 4.90 Å². The molecule has 0 radical (unpaired) electrons. The Morgan fingerprint density at radius 2 is 1.76 bits per heavy atom. The van der Waals surface area contributed by atoms with E-state index in [0.29, 0.717) is 12.0 Å². The van der Waals surface area contributed by atoms with Gasteiger partial charge in [0.05, 0.1) is 12.1 Å². The number of carboxylic acid groups (broad SMARTS) is 1. The molecule has 0 aliphatic heterocycles. The molecule has 6 heteroatoms. The second kappa shape index (κ2) is 6.13. The molecule has 0 heterocycles. The summed E-state index contributed by atoms with van der Waals surface area (Å²) in [6, 6.07) is 9.08. The molecule has 108 valence electrons. The number of carboxylic acids is 1. The number of rotatable bonds is 5. The number of amides is 1. The van der Waals surface area contributed by atoms with Gasteiger partial charge in [-0.1, -0.05) is 12.1 Å². The molecule has 0 fully saturated rings. The first-order valence-electron chi connectivity index (χ1n) is 6.00. The maximum Gasteiger partial charge on any atom is 0.335 e. The molecule has 0 saturated heterocycles. The Bertz CT molecular complexity index is 671. The molecule has 1 N–H and O–H groups in total. The van der Waals surface area contributed by atoms with Crippen molar-refractivity contribution in [3.05, 3.63) is 65.2 Å². The summed E-state index contributed by atoms with van der Waals surface area (Å²) >= 11 is 0. The summed E-state index contributed by atoms with van der Waals surface area (Å²) in [6.07, 6.45) is 0.498. The van der Waals surface area contributed by atoms with Crippen molar-refractivity contribution in [2.75, 3.05) is 4.90 Å². The summed E-state index contributed by atoms with van der Waals surface area (Å²) in [4.78, 5) is 23.0. The molecule has 0 saturated carbocycles. The molecule has 1 amide bonds. The molecule has 2 aromatic carbocycles. The Labute approximate surface area is 119 Å². The number of carbonyl (C=O) groups is 2. The number of benzene rings is 2. The maximum absolute atomic E-state index is 13.2. The first-order valence-corrected chi connectivity index (χ1v) is 6.00. The number of anilines is 1. The molecule has 4 nitrogen and oxygen atoms in total. The minimum atomic E-state index is -1.05. The van der Waals surface area contributed by atoms with E-state index >= 15 is 0 Å². The zero-order valence-corrected chi connectivity index (χ0v) is 10.8. The lowest BCUT2D eigenvalue weighted by Crippen LogP contribution is -2.20. The lowest BCUT2D eigenvalue weighted by atomic mass is 10.1. The molecule has 0 spiro atoms. The van der Waals surface area contributed by atoms with Crippen molar-refractivity contribution in [3.8, 4) is 0 Å². The Balaban J connectivity index is 2.20. The minimum absolute atomic E-state index is 0.120. The Morgan fingerprint density at radius 3 is 2.29 bits per heavy atom. The highest BCUT2D eigenvalue weighted by atomic mass is 19.2. The van der Waals surface area contributed by atoms with Crippen molar-refractivity contribution in [1.29, 1.82) is 0 Å². The normalized spacial score (nSPS) is 10.2. The van der Waals surface area contributed by atoms with Gasteiger partial charge in [-0.2, -0.15) is 0 Å². The highest BCUT2D eigenvalue weighted by Crippen LogP contribution is 2.19. The lowest BCUT2D eigenvalue weighted by molar-refractivity contribution is -0.107. The van der Waals surface area contributed by atoms with Crippen LogP contribution in [0.1, 0.15) is 15.9 Å². The number of hydrogen-bond donors (Lipinski definition) is 1. The van der Waals surface area contributed by atoms with Crippen molar-refractivity contribution < 1.29 is 23.5 Å². The van der Waals surface area contributed by atoms with Crippen molar-refractivity contribution in [2.45, 2.75) is 6.54 Å². The van der Waals surface area contributed by atoms with Gasteiger partial charge in [0.1, 0.15) is 0 Å². The second-order valence-corrected chi connectivity index (χ2v) is 4.33. The van der Waals surface area contributed by atoms with Crippen molar-refractivity contribution in [3.63, 3.8) is 0 Å². The Hall–Kier alpha value is -2.76. The summed E-state index contributed by atoms with van der Waals surface area (Å²) in [5.41, 5.74) is 1.01. The van der Waals surface area contributed by atoms with Crippen molar-refractivity contribution in [2.24, 2.45) is 0 Å². The number of hydrogen-bond acceptors (Lipinski definition) is 2. The van der Waals surface area contributed by atoms with Gasteiger partial charge in [-0.15, -0.1) is 0 Å². The van der Waals surface area contributed by atoms with Crippen LogP contribution in [-0.4, -0.2) is 17.5 Å². The third-order valence-corrected chi connectivity index (χ3v) is 2.92. The van der Waals surface area contributed by atoms with E-state index in [2.05, 4.69) is 0 Å². The molecular formula is C15H11F2NO3. The maximum atomic E-state index is 13.2. The van der Waals surface area contributed by atoms with Gasteiger partial charge in [0.25, 0.3) is 0 Å². The minimum Gasteiger partial charge on any atom is -0.478 e. The zero-order valence-electron chi connectivity index (χ0n) is 10.8. The van der Waals surface area contributed by atoms with Crippen LogP contribution in [0.15, 0.2) is 42.5 Å². The number of nitrogens with zero attached hydrogens (tertiary/aromatic N) is 1. The fourth-order valence-corrected chi connectivity index (χ4v) is 1.80. The summed E-state index contributed by atoms with van der Waals surface area (Å²) < 4.78 is 26.0. The smallest absolute Gasteiger partial charge is 0.335 e. The third kappa shape index (κ3) is 3.42. The van der Waals surface area contributed by atoms with Crippen LogP contribution >= 0.6 is 0 Å².